The van der Waals surface area contributed by atoms with Crippen LogP contribution in [0.3, 0.4) is 0 Å². The van der Waals surface area contributed by atoms with E-state index in [4.69, 9.17) is 0 Å². The lowest BCUT2D eigenvalue weighted by Gasteiger charge is -2.35. The molecule has 1 rings (SSSR count). The van der Waals surface area contributed by atoms with Crippen molar-refractivity contribution in [3.63, 3.8) is 0 Å². The van der Waals surface area contributed by atoms with E-state index < -0.39 is 0 Å². The van der Waals surface area contributed by atoms with Gasteiger partial charge in [0.15, 0.2) is 0 Å². The smallest absolute Gasteiger partial charge is 0.0220 e. The second-order valence-corrected chi connectivity index (χ2v) is 4.47. The molecule has 0 bridgehead atoms. The Hall–Kier alpha value is -0.340. The minimum Gasteiger partial charge on any atom is -0.315 e. The van der Waals surface area contributed by atoms with Gasteiger partial charge in [0.05, 0.1) is 0 Å². The molecule has 1 fully saturated rings. The molecule has 0 saturated carbocycles. The summed E-state index contributed by atoms with van der Waals surface area (Å²) in [7, 11) is 0. The van der Waals surface area contributed by atoms with Crippen LogP contribution in [0.1, 0.15) is 39.0 Å². The largest absolute Gasteiger partial charge is 0.315 e. The lowest BCUT2D eigenvalue weighted by molar-refractivity contribution is 0.148. The number of piperidine rings is 1. The fraction of sp³-hybridized carbons (Fsp3) is 0.846. The lowest BCUT2D eigenvalue weighted by Crippen LogP contribution is -2.45. The minimum absolute atomic E-state index is 0.769. The lowest BCUT2D eigenvalue weighted by atomic mass is 10.0. The van der Waals surface area contributed by atoms with Crippen LogP contribution in [0.25, 0.3) is 0 Å². The molecule has 1 heterocycles. The Morgan fingerprint density at radius 1 is 1.47 bits per heavy atom. The van der Waals surface area contributed by atoms with Crippen LogP contribution in [0.2, 0.25) is 0 Å². The van der Waals surface area contributed by atoms with Crippen molar-refractivity contribution in [1.29, 1.82) is 0 Å². The predicted octanol–water partition coefficient (Wildman–Crippen LogP) is 2.42. The highest BCUT2D eigenvalue weighted by molar-refractivity contribution is 4.80. The highest BCUT2D eigenvalue weighted by Gasteiger charge is 2.20. The predicted molar refractivity (Wildman–Crippen MR) is 67.2 cm³/mol. The number of nitrogens with zero attached hydrogens (tertiary/aromatic N) is 1. The van der Waals surface area contributed by atoms with Crippen molar-refractivity contribution >= 4 is 0 Å². The molecule has 88 valence electrons. The molecule has 1 aliphatic heterocycles. The summed E-state index contributed by atoms with van der Waals surface area (Å²) < 4.78 is 0. The van der Waals surface area contributed by atoms with Crippen LogP contribution >= 0.6 is 0 Å². The highest BCUT2D eigenvalue weighted by Crippen LogP contribution is 2.16. The van der Waals surface area contributed by atoms with E-state index in [1.165, 1.54) is 45.3 Å². The van der Waals surface area contributed by atoms with Crippen LogP contribution < -0.4 is 5.32 Å². The summed E-state index contributed by atoms with van der Waals surface area (Å²) in [5.74, 6) is 0. The van der Waals surface area contributed by atoms with Crippen LogP contribution in [0.15, 0.2) is 12.7 Å². The van der Waals surface area contributed by atoms with Gasteiger partial charge in [-0.2, -0.15) is 0 Å². The summed E-state index contributed by atoms with van der Waals surface area (Å²) in [6.07, 6.45) is 8.55. The summed E-state index contributed by atoms with van der Waals surface area (Å²) in [5.41, 5.74) is 0. The molecule has 0 aromatic heterocycles. The van der Waals surface area contributed by atoms with Crippen molar-refractivity contribution in [2.75, 3.05) is 26.2 Å². The van der Waals surface area contributed by atoms with E-state index >= 15 is 0 Å². The Morgan fingerprint density at radius 3 is 3.07 bits per heavy atom. The third-order valence-corrected chi connectivity index (χ3v) is 3.18. The van der Waals surface area contributed by atoms with Gasteiger partial charge in [0.1, 0.15) is 0 Å². The van der Waals surface area contributed by atoms with E-state index in [2.05, 4.69) is 23.7 Å². The van der Waals surface area contributed by atoms with Gasteiger partial charge in [0.25, 0.3) is 0 Å². The average Bonchev–Trinajstić information content (AvgIpc) is 2.28. The Labute approximate surface area is 94.7 Å². The van der Waals surface area contributed by atoms with Crippen molar-refractivity contribution in [2.24, 2.45) is 0 Å². The standard InChI is InChI=1S/C13H26N2/c1-3-5-10-15-11-7-6-8-13(15)12-14-9-4-2/h3,13-14H,1,4-12H2,2H3. The number of hydrogen-bond acceptors (Lipinski definition) is 2. The first kappa shape index (κ1) is 12.7. The van der Waals surface area contributed by atoms with Crippen LogP contribution in [0.4, 0.5) is 0 Å². The Balaban J connectivity index is 2.25. The van der Waals surface area contributed by atoms with E-state index in [9.17, 15) is 0 Å². The molecule has 2 heteroatoms. The molecule has 0 aliphatic carbocycles. The Kier molecular flexibility index (Phi) is 6.69. The molecular weight excluding hydrogens is 184 g/mol. The van der Waals surface area contributed by atoms with Crippen molar-refractivity contribution in [3.8, 4) is 0 Å². The summed E-state index contributed by atoms with van der Waals surface area (Å²) in [5, 5.41) is 3.54. The van der Waals surface area contributed by atoms with Crippen LogP contribution in [0.5, 0.6) is 0 Å². The number of rotatable bonds is 7. The number of hydrogen-bond donors (Lipinski definition) is 1. The van der Waals surface area contributed by atoms with Crippen LogP contribution in [-0.2, 0) is 0 Å². The topological polar surface area (TPSA) is 15.3 Å². The summed E-state index contributed by atoms with van der Waals surface area (Å²) in [6.45, 7) is 10.8. The van der Waals surface area contributed by atoms with Gasteiger partial charge in [-0.05, 0) is 38.8 Å². The van der Waals surface area contributed by atoms with E-state index in [1.807, 2.05) is 6.08 Å². The monoisotopic (exact) mass is 210 g/mol. The van der Waals surface area contributed by atoms with Gasteiger partial charge in [-0.3, -0.25) is 4.90 Å². The van der Waals surface area contributed by atoms with Gasteiger partial charge in [-0.25, -0.2) is 0 Å². The molecule has 1 saturated heterocycles. The molecule has 0 radical (unpaired) electrons. The van der Waals surface area contributed by atoms with Crippen LogP contribution in [0, 0.1) is 0 Å². The van der Waals surface area contributed by atoms with Gasteiger partial charge in [-0.15, -0.1) is 6.58 Å². The zero-order chi connectivity index (χ0) is 10.9. The molecule has 1 unspecified atom stereocenters. The molecule has 0 amide bonds. The number of likely N-dealkylation sites (tertiary alicyclic amines) is 1. The molecule has 2 nitrogen and oxygen atoms in total. The zero-order valence-electron chi connectivity index (χ0n) is 10.2. The third kappa shape index (κ3) is 4.80. The Morgan fingerprint density at radius 2 is 2.33 bits per heavy atom. The first-order valence-electron chi connectivity index (χ1n) is 6.44. The fourth-order valence-corrected chi connectivity index (χ4v) is 2.29. The van der Waals surface area contributed by atoms with Crippen molar-refractivity contribution < 1.29 is 0 Å². The molecular formula is C13H26N2. The maximum Gasteiger partial charge on any atom is 0.0220 e. The zero-order valence-corrected chi connectivity index (χ0v) is 10.2. The summed E-state index contributed by atoms with van der Waals surface area (Å²) >= 11 is 0. The maximum atomic E-state index is 3.80. The third-order valence-electron chi connectivity index (χ3n) is 3.18. The summed E-state index contributed by atoms with van der Waals surface area (Å²) in [6, 6.07) is 0.769. The first-order chi connectivity index (χ1) is 7.38. The van der Waals surface area contributed by atoms with Gasteiger partial charge in [0.2, 0.25) is 0 Å². The average molecular weight is 210 g/mol. The minimum atomic E-state index is 0.769. The van der Waals surface area contributed by atoms with Crippen molar-refractivity contribution in [2.45, 2.75) is 45.1 Å². The second kappa shape index (κ2) is 7.89. The quantitative estimate of drug-likeness (QED) is 0.513. The van der Waals surface area contributed by atoms with Crippen molar-refractivity contribution in [3.05, 3.63) is 12.7 Å². The molecule has 1 aliphatic rings. The fourth-order valence-electron chi connectivity index (χ4n) is 2.29. The second-order valence-electron chi connectivity index (χ2n) is 4.47. The molecule has 1 N–H and O–H groups in total. The molecule has 0 aromatic carbocycles. The van der Waals surface area contributed by atoms with E-state index in [0.717, 1.165) is 19.0 Å². The number of nitrogens with one attached hydrogen (secondary N) is 1. The Bertz CT molecular complexity index is 168. The van der Waals surface area contributed by atoms with Gasteiger partial charge in [0, 0.05) is 19.1 Å². The normalized spacial score (nSPS) is 22.9. The first-order valence-corrected chi connectivity index (χ1v) is 6.44. The van der Waals surface area contributed by atoms with E-state index in [0.29, 0.717) is 0 Å². The molecule has 0 aromatic rings. The molecule has 0 spiro atoms. The van der Waals surface area contributed by atoms with Gasteiger partial charge < -0.3 is 5.32 Å². The summed E-state index contributed by atoms with van der Waals surface area (Å²) in [4.78, 5) is 2.63. The maximum absolute atomic E-state index is 3.80. The van der Waals surface area contributed by atoms with E-state index in [1.54, 1.807) is 0 Å². The highest BCUT2D eigenvalue weighted by atomic mass is 15.2. The van der Waals surface area contributed by atoms with Gasteiger partial charge in [-0.1, -0.05) is 19.4 Å². The molecule has 15 heavy (non-hydrogen) atoms. The molecule has 1 atom stereocenters. The van der Waals surface area contributed by atoms with Gasteiger partial charge >= 0.3 is 0 Å². The van der Waals surface area contributed by atoms with Crippen LogP contribution in [-0.4, -0.2) is 37.1 Å². The SMILES string of the molecule is C=CCCN1CCCCC1CNCCC. The van der Waals surface area contributed by atoms with Crippen molar-refractivity contribution in [1.82, 2.24) is 10.2 Å². The van der Waals surface area contributed by atoms with E-state index in [-0.39, 0.29) is 0 Å².